The Morgan fingerprint density at radius 3 is 2.88 bits per heavy atom. The molecule has 2 aromatic carbocycles. The molecule has 0 aliphatic carbocycles. The summed E-state index contributed by atoms with van der Waals surface area (Å²) in [6, 6.07) is 14.0. The first-order chi connectivity index (χ1) is 12.6. The third kappa shape index (κ3) is 5.13. The Balaban J connectivity index is 1.45. The Morgan fingerprint density at radius 1 is 1.23 bits per heavy atom. The van der Waals surface area contributed by atoms with Gasteiger partial charge in [0.05, 0.1) is 18.7 Å². The van der Waals surface area contributed by atoms with Crippen molar-refractivity contribution >= 4 is 17.2 Å². The third-order valence-corrected chi connectivity index (χ3v) is 4.59. The maximum absolute atomic E-state index is 13.3. The van der Waals surface area contributed by atoms with Crippen LogP contribution in [0.25, 0.3) is 10.6 Å². The van der Waals surface area contributed by atoms with Crippen molar-refractivity contribution < 1.29 is 13.9 Å². The van der Waals surface area contributed by atoms with E-state index in [1.165, 1.54) is 23.5 Å². The van der Waals surface area contributed by atoms with Gasteiger partial charge in [-0.2, -0.15) is 0 Å². The number of aryl methyl sites for hydroxylation is 1. The average molecular weight is 370 g/mol. The Labute approximate surface area is 155 Å². The summed E-state index contributed by atoms with van der Waals surface area (Å²) in [5.74, 6) is 0.373. The fraction of sp³-hybridized carbons (Fsp3) is 0.200. The molecule has 4 nitrogen and oxygen atoms in total. The normalized spacial score (nSPS) is 10.5. The van der Waals surface area contributed by atoms with Crippen molar-refractivity contribution in [3.63, 3.8) is 0 Å². The molecule has 1 amide bonds. The van der Waals surface area contributed by atoms with Gasteiger partial charge < -0.3 is 10.1 Å². The maximum Gasteiger partial charge on any atom is 0.226 e. The van der Waals surface area contributed by atoms with Crippen LogP contribution in [0.4, 0.5) is 4.39 Å². The second kappa shape index (κ2) is 8.58. The van der Waals surface area contributed by atoms with Crippen molar-refractivity contribution in [2.45, 2.75) is 13.3 Å². The Hall–Kier alpha value is -2.73. The molecule has 1 N–H and O–H groups in total. The van der Waals surface area contributed by atoms with Crippen LogP contribution in [-0.4, -0.2) is 24.0 Å². The smallest absolute Gasteiger partial charge is 0.226 e. The van der Waals surface area contributed by atoms with Gasteiger partial charge in [0.25, 0.3) is 0 Å². The van der Waals surface area contributed by atoms with E-state index in [4.69, 9.17) is 4.74 Å². The van der Waals surface area contributed by atoms with E-state index in [1.54, 1.807) is 12.1 Å². The van der Waals surface area contributed by atoms with Crippen LogP contribution in [0.1, 0.15) is 11.3 Å². The second-order valence-corrected chi connectivity index (χ2v) is 6.70. The number of halogens is 1. The van der Waals surface area contributed by atoms with Gasteiger partial charge in [0, 0.05) is 10.9 Å². The monoisotopic (exact) mass is 370 g/mol. The molecule has 0 saturated heterocycles. The molecule has 0 bridgehead atoms. The molecule has 0 fully saturated rings. The fourth-order valence-corrected chi connectivity index (χ4v) is 3.25. The highest BCUT2D eigenvalue weighted by Crippen LogP contribution is 2.24. The molecule has 0 unspecified atom stereocenters. The minimum absolute atomic E-state index is 0.117. The lowest BCUT2D eigenvalue weighted by Gasteiger charge is -2.07. The number of carbonyl (C=O) groups excluding carboxylic acids is 1. The van der Waals surface area contributed by atoms with Gasteiger partial charge in [-0.15, -0.1) is 11.3 Å². The summed E-state index contributed by atoms with van der Waals surface area (Å²) in [6.45, 7) is 2.83. The van der Waals surface area contributed by atoms with Crippen molar-refractivity contribution in [1.82, 2.24) is 10.3 Å². The zero-order chi connectivity index (χ0) is 18.4. The van der Waals surface area contributed by atoms with E-state index < -0.39 is 0 Å². The van der Waals surface area contributed by atoms with E-state index in [0.29, 0.717) is 29.4 Å². The molecule has 0 spiro atoms. The number of nitrogens with one attached hydrogen (secondary N) is 1. The lowest BCUT2D eigenvalue weighted by Crippen LogP contribution is -2.29. The van der Waals surface area contributed by atoms with E-state index in [-0.39, 0.29) is 18.1 Å². The van der Waals surface area contributed by atoms with Gasteiger partial charge in [-0.1, -0.05) is 24.3 Å². The molecule has 3 aromatic rings. The summed E-state index contributed by atoms with van der Waals surface area (Å²) in [5.41, 5.74) is 2.52. The molecule has 1 heterocycles. The first kappa shape index (κ1) is 18.1. The molecule has 0 atom stereocenters. The lowest BCUT2D eigenvalue weighted by atomic mass is 10.2. The molecule has 1 aromatic heterocycles. The summed E-state index contributed by atoms with van der Waals surface area (Å²) in [6.07, 6.45) is 0.191. The number of nitrogens with zero attached hydrogens (tertiary/aromatic N) is 1. The van der Waals surface area contributed by atoms with Gasteiger partial charge in [-0.05, 0) is 36.8 Å². The van der Waals surface area contributed by atoms with Gasteiger partial charge in [0.2, 0.25) is 5.91 Å². The highest BCUT2D eigenvalue weighted by molar-refractivity contribution is 7.13. The highest BCUT2D eigenvalue weighted by atomic mass is 32.1. The zero-order valence-electron chi connectivity index (χ0n) is 14.4. The van der Waals surface area contributed by atoms with Crippen LogP contribution < -0.4 is 10.1 Å². The zero-order valence-corrected chi connectivity index (χ0v) is 15.2. The molecule has 0 radical (unpaired) electrons. The summed E-state index contributed by atoms with van der Waals surface area (Å²) < 4.78 is 18.9. The molecule has 0 aliphatic heterocycles. The molecule has 6 heteroatoms. The van der Waals surface area contributed by atoms with E-state index in [2.05, 4.69) is 10.3 Å². The number of ether oxygens (including phenoxy) is 1. The SMILES string of the molecule is Cc1cccc(OCCNC(=O)Cc2csc(-c3cccc(F)c3)n2)c1. The van der Waals surface area contributed by atoms with E-state index >= 15 is 0 Å². The number of hydrogen-bond donors (Lipinski definition) is 1. The highest BCUT2D eigenvalue weighted by Gasteiger charge is 2.09. The summed E-state index contributed by atoms with van der Waals surface area (Å²) >= 11 is 1.40. The second-order valence-electron chi connectivity index (χ2n) is 5.85. The summed E-state index contributed by atoms with van der Waals surface area (Å²) in [7, 11) is 0. The van der Waals surface area contributed by atoms with Crippen LogP contribution in [0.5, 0.6) is 5.75 Å². The molecule has 3 rings (SSSR count). The topological polar surface area (TPSA) is 51.2 Å². The van der Waals surface area contributed by atoms with Gasteiger partial charge >= 0.3 is 0 Å². The van der Waals surface area contributed by atoms with Crippen molar-refractivity contribution in [2.75, 3.05) is 13.2 Å². The van der Waals surface area contributed by atoms with E-state index in [9.17, 15) is 9.18 Å². The van der Waals surface area contributed by atoms with Crippen molar-refractivity contribution in [3.8, 4) is 16.3 Å². The molecule has 0 aliphatic rings. The van der Waals surface area contributed by atoms with Gasteiger partial charge in [0.1, 0.15) is 23.2 Å². The number of thiazole rings is 1. The predicted octanol–water partition coefficient (Wildman–Crippen LogP) is 4.00. The lowest BCUT2D eigenvalue weighted by molar-refractivity contribution is -0.120. The molecule has 134 valence electrons. The average Bonchev–Trinajstić information content (AvgIpc) is 3.07. The first-order valence-electron chi connectivity index (χ1n) is 8.27. The van der Waals surface area contributed by atoms with Gasteiger partial charge in [0.15, 0.2) is 0 Å². The van der Waals surface area contributed by atoms with E-state index in [1.807, 2.05) is 36.6 Å². The van der Waals surface area contributed by atoms with Crippen LogP contribution in [0, 0.1) is 12.7 Å². The number of carbonyl (C=O) groups is 1. The Kier molecular flexibility index (Phi) is 5.96. The predicted molar refractivity (Wildman–Crippen MR) is 101 cm³/mol. The fourth-order valence-electron chi connectivity index (χ4n) is 2.43. The van der Waals surface area contributed by atoms with Crippen LogP contribution in [0.2, 0.25) is 0 Å². The quantitative estimate of drug-likeness (QED) is 0.640. The van der Waals surface area contributed by atoms with Crippen LogP contribution >= 0.6 is 11.3 Å². The number of benzene rings is 2. The summed E-state index contributed by atoms with van der Waals surface area (Å²) in [5, 5.41) is 5.34. The number of aromatic nitrogens is 1. The number of rotatable bonds is 7. The standard InChI is InChI=1S/C20H19FN2O2S/c1-14-4-2-7-18(10-14)25-9-8-22-19(24)12-17-13-26-20(23-17)15-5-3-6-16(21)11-15/h2-7,10-11,13H,8-9,12H2,1H3,(H,22,24). The number of amides is 1. The minimum atomic E-state index is -0.300. The largest absolute Gasteiger partial charge is 0.492 e. The van der Waals surface area contributed by atoms with E-state index in [0.717, 1.165) is 11.3 Å². The minimum Gasteiger partial charge on any atom is -0.492 e. The molecular weight excluding hydrogens is 351 g/mol. The maximum atomic E-state index is 13.3. The van der Waals surface area contributed by atoms with Crippen LogP contribution in [0.3, 0.4) is 0 Å². The third-order valence-electron chi connectivity index (χ3n) is 3.65. The Bertz CT molecular complexity index is 895. The van der Waals surface area contributed by atoms with Crippen molar-refractivity contribution in [1.29, 1.82) is 0 Å². The number of hydrogen-bond acceptors (Lipinski definition) is 4. The summed E-state index contributed by atoms with van der Waals surface area (Å²) in [4.78, 5) is 16.4. The van der Waals surface area contributed by atoms with Crippen molar-refractivity contribution in [3.05, 3.63) is 71.0 Å². The molecule has 26 heavy (non-hydrogen) atoms. The molecule has 0 saturated carbocycles. The molecular formula is C20H19FN2O2S. The van der Waals surface area contributed by atoms with Crippen molar-refractivity contribution in [2.24, 2.45) is 0 Å². The van der Waals surface area contributed by atoms with Crippen LogP contribution in [-0.2, 0) is 11.2 Å². The first-order valence-corrected chi connectivity index (χ1v) is 9.14. The Morgan fingerprint density at radius 2 is 2.08 bits per heavy atom. The van der Waals surface area contributed by atoms with Gasteiger partial charge in [-0.25, -0.2) is 9.37 Å². The van der Waals surface area contributed by atoms with Crippen LogP contribution in [0.15, 0.2) is 53.9 Å². The van der Waals surface area contributed by atoms with Gasteiger partial charge in [-0.3, -0.25) is 4.79 Å².